The zero-order valence-electron chi connectivity index (χ0n) is 10.7. The summed E-state index contributed by atoms with van der Waals surface area (Å²) in [5, 5.41) is 6.62. The third kappa shape index (κ3) is 3.95. The van der Waals surface area contributed by atoms with Gasteiger partial charge in [-0.3, -0.25) is 0 Å². The minimum Gasteiger partial charge on any atom is -0.382 e. The Kier molecular flexibility index (Phi) is 4.53. The smallest absolute Gasteiger partial charge is 0.128 e. The van der Waals surface area contributed by atoms with Crippen molar-refractivity contribution in [1.29, 1.82) is 0 Å². The van der Waals surface area contributed by atoms with E-state index in [0.29, 0.717) is 11.7 Å². The van der Waals surface area contributed by atoms with E-state index in [4.69, 9.17) is 0 Å². The molecule has 1 heterocycles. The van der Waals surface area contributed by atoms with Gasteiger partial charge in [0.15, 0.2) is 0 Å². The number of benzene rings is 1. The van der Waals surface area contributed by atoms with Crippen LogP contribution < -0.4 is 10.6 Å². The van der Waals surface area contributed by atoms with Gasteiger partial charge >= 0.3 is 0 Å². The fourth-order valence-electron chi connectivity index (χ4n) is 2.53. The Bertz CT molecular complexity index is 369. The predicted octanol–water partition coefficient (Wildman–Crippen LogP) is 3.30. The van der Waals surface area contributed by atoms with Crippen LogP contribution >= 0.6 is 0 Å². The minimum absolute atomic E-state index is 0.196. The highest BCUT2D eigenvalue weighted by Crippen LogP contribution is 2.17. The summed E-state index contributed by atoms with van der Waals surface area (Å²) in [4.78, 5) is 0. The van der Waals surface area contributed by atoms with Gasteiger partial charge in [0.25, 0.3) is 0 Å². The van der Waals surface area contributed by atoms with Crippen molar-refractivity contribution in [3.63, 3.8) is 0 Å². The molecular weight excluding hydrogens is 234 g/mol. The molecule has 2 N–H and O–H groups in total. The molecule has 1 saturated heterocycles. The molecule has 1 aromatic carbocycles. The van der Waals surface area contributed by atoms with E-state index in [1.54, 1.807) is 0 Å². The second-order valence-electron chi connectivity index (χ2n) is 5.09. The molecule has 4 heteroatoms. The van der Waals surface area contributed by atoms with Crippen molar-refractivity contribution in [2.24, 2.45) is 0 Å². The van der Waals surface area contributed by atoms with Crippen molar-refractivity contribution in [2.75, 3.05) is 11.9 Å². The van der Waals surface area contributed by atoms with Crippen molar-refractivity contribution in [2.45, 2.75) is 44.7 Å². The highest BCUT2D eigenvalue weighted by Gasteiger charge is 2.15. The zero-order chi connectivity index (χ0) is 13.0. The van der Waals surface area contributed by atoms with Crippen LogP contribution in [0.25, 0.3) is 0 Å². The van der Waals surface area contributed by atoms with Gasteiger partial charge in [0.1, 0.15) is 11.6 Å². The van der Waals surface area contributed by atoms with Crippen LogP contribution in [0.2, 0.25) is 0 Å². The number of anilines is 1. The molecule has 0 aliphatic carbocycles. The summed E-state index contributed by atoms with van der Waals surface area (Å²) in [5.74, 6) is -1.08. The Morgan fingerprint density at radius 1 is 1.28 bits per heavy atom. The summed E-state index contributed by atoms with van der Waals surface area (Å²) in [6.07, 6.45) is 4.66. The molecule has 1 aliphatic rings. The number of rotatable bonds is 4. The second-order valence-corrected chi connectivity index (χ2v) is 5.09. The van der Waals surface area contributed by atoms with E-state index in [0.717, 1.165) is 19.0 Å². The molecule has 1 aliphatic heterocycles. The topological polar surface area (TPSA) is 24.1 Å². The maximum absolute atomic E-state index is 13.0. The molecule has 1 aromatic rings. The number of hydrogen-bond acceptors (Lipinski definition) is 2. The summed E-state index contributed by atoms with van der Waals surface area (Å²) in [5.41, 5.74) is 0.510. The molecule has 2 atom stereocenters. The predicted molar refractivity (Wildman–Crippen MR) is 69.7 cm³/mol. The standard InChI is InChI=1S/C14H20F2N2/c1-10(6-13-4-2-3-5-17-13)18-14-8-11(15)7-12(16)9-14/h7-10,13,17-18H,2-6H2,1H3. The van der Waals surface area contributed by atoms with E-state index >= 15 is 0 Å². The molecule has 100 valence electrons. The van der Waals surface area contributed by atoms with Gasteiger partial charge in [-0.15, -0.1) is 0 Å². The Labute approximate surface area is 107 Å². The van der Waals surface area contributed by atoms with Gasteiger partial charge in [-0.25, -0.2) is 8.78 Å². The van der Waals surface area contributed by atoms with Crippen LogP contribution in [0.4, 0.5) is 14.5 Å². The monoisotopic (exact) mass is 254 g/mol. The Balaban J connectivity index is 1.87. The maximum atomic E-state index is 13.0. The lowest BCUT2D eigenvalue weighted by atomic mass is 9.98. The summed E-state index contributed by atoms with van der Waals surface area (Å²) in [6, 6.07) is 4.25. The molecule has 0 amide bonds. The van der Waals surface area contributed by atoms with Crippen molar-refractivity contribution < 1.29 is 8.78 Å². The summed E-state index contributed by atoms with van der Waals surface area (Å²) >= 11 is 0. The number of halogens is 2. The molecule has 0 spiro atoms. The van der Waals surface area contributed by atoms with E-state index in [2.05, 4.69) is 10.6 Å². The van der Waals surface area contributed by atoms with Crippen LogP contribution in [0.3, 0.4) is 0 Å². The molecule has 0 saturated carbocycles. The lowest BCUT2D eigenvalue weighted by Crippen LogP contribution is -2.37. The van der Waals surface area contributed by atoms with Crippen LogP contribution in [-0.2, 0) is 0 Å². The van der Waals surface area contributed by atoms with Gasteiger partial charge < -0.3 is 10.6 Å². The number of hydrogen-bond donors (Lipinski definition) is 2. The van der Waals surface area contributed by atoms with Crippen molar-refractivity contribution in [1.82, 2.24) is 5.32 Å². The number of nitrogens with one attached hydrogen (secondary N) is 2. The summed E-state index contributed by atoms with van der Waals surface area (Å²) < 4.78 is 26.1. The lowest BCUT2D eigenvalue weighted by Gasteiger charge is -2.27. The van der Waals surface area contributed by atoms with Gasteiger partial charge in [0.2, 0.25) is 0 Å². The van der Waals surface area contributed by atoms with E-state index in [1.807, 2.05) is 6.92 Å². The van der Waals surface area contributed by atoms with Crippen molar-refractivity contribution >= 4 is 5.69 Å². The molecule has 0 radical (unpaired) electrons. The van der Waals surface area contributed by atoms with Crippen LogP contribution in [0.15, 0.2) is 18.2 Å². The van der Waals surface area contributed by atoms with E-state index in [1.165, 1.54) is 31.4 Å². The van der Waals surface area contributed by atoms with Crippen LogP contribution in [0.5, 0.6) is 0 Å². The first-order valence-electron chi connectivity index (χ1n) is 6.59. The molecule has 18 heavy (non-hydrogen) atoms. The average molecular weight is 254 g/mol. The largest absolute Gasteiger partial charge is 0.382 e. The minimum atomic E-state index is -0.541. The summed E-state index contributed by atoms with van der Waals surface area (Å²) in [6.45, 7) is 3.12. The Hall–Kier alpha value is -1.16. The van der Waals surface area contributed by atoms with E-state index < -0.39 is 11.6 Å². The summed E-state index contributed by atoms with van der Waals surface area (Å²) in [7, 11) is 0. The van der Waals surface area contributed by atoms with Crippen LogP contribution in [0.1, 0.15) is 32.6 Å². The van der Waals surface area contributed by atoms with Crippen molar-refractivity contribution in [3.8, 4) is 0 Å². The van der Waals surface area contributed by atoms with E-state index in [-0.39, 0.29) is 6.04 Å². The zero-order valence-corrected chi connectivity index (χ0v) is 10.7. The fourth-order valence-corrected chi connectivity index (χ4v) is 2.53. The van der Waals surface area contributed by atoms with E-state index in [9.17, 15) is 8.78 Å². The normalized spacial score (nSPS) is 21.6. The third-order valence-corrected chi connectivity index (χ3v) is 3.33. The number of piperidine rings is 1. The Morgan fingerprint density at radius 2 is 2.00 bits per heavy atom. The lowest BCUT2D eigenvalue weighted by molar-refractivity contribution is 0.371. The first kappa shape index (κ1) is 13.3. The third-order valence-electron chi connectivity index (χ3n) is 3.33. The van der Waals surface area contributed by atoms with Gasteiger partial charge in [0, 0.05) is 23.8 Å². The molecule has 2 nitrogen and oxygen atoms in total. The van der Waals surface area contributed by atoms with Gasteiger partial charge in [-0.2, -0.15) is 0 Å². The van der Waals surface area contributed by atoms with Crippen molar-refractivity contribution in [3.05, 3.63) is 29.8 Å². The average Bonchev–Trinajstić information content (AvgIpc) is 2.28. The molecule has 0 aromatic heterocycles. The van der Waals surface area contributed by atoms with Crippen LogP contribution in [0, 0.1) is 11.6 Å². The fraction of sp³-hybridized carbons (Fsp3) is 0.571. The second kappa shape index (κ2) is 6.14. The Morgan fingerprint density at radius 3 is 2.61 bits per heavy atom. The highest BCUT2D eigenvalue weighted by atomic mass is 19.1. The van der Waals surface area contributed by atoms with Gasteiger partial charge in [-0.05, 0) is 44.9 Å². The highest BCUT2D eigenvalue weighted by molar-refractivity contribution is 5.44. The van der Waals surface area contributed by atoms with Crippen LogP contribution in [-0.4, -0.2) is 18.6 Å². The molecular formula is C14H20F2N2. The first-order valence-corrected chi connectivity index (χ1v) is 6.59. The molecule has 2 rings (SSSR count). The molecule has 1 fully saturated rings. The quantitative estimate of drug-likeness (QED) is 0.861. The van der Waals surface area contributed by atoms with Gasteiger partial charge in [-0.1, -0.05) is 6.42 Å². The molecule has 2 unspecified atom stereocenters. The maximum Gasteiger partial charge on any atom is 0.128 e. The SMILES string of the molecule is CC(CC1CCCCN1)Nc1cc(F)cc(F)c1. The first-order chi connectivity index (χ1) is 8.63. The van der Waals surface area contributed by atoms with Gasteiger partial charge in [0.05, 0.1) is 0 Å². The molecule has 0 bridgehead atoms.